The molecule has 0 spiro atoms. The largest absolute Gasteiger partial charge is 0.468 e. The number of methoxy groups -OCH3 is 1. The van der Waals surface area contributed by atoms with Crippen molar-refractivity contribution in [2.75, 3.05) is 25.1 Å². The molecule has 2 aliphatic heterocycles. The monoisotopic (exact) mass is 316 g/mol. The molecule has 23 heavy (non-hydrogen) atoms. The number of carbonyl (C=O) groups excluding carboxylic acids is 2. The molecule has 1 saturated heterocycles. The summed E-state index contributed by atoms with van der Waals surface area (Å²) in [6.45, 7) is 3.12. The number of carbonyl (C=O) groups is 2. The number of hydrogen-bond acceptors (Lipinski definition) is 4. The highest BCUT2D eigenvalue weighted by atomic mass is 16.5. The van der Waals surface area contributed by atoms with Crippen molar-refractivity contribution in [1.82, 2.24) is 4.90 Å². The zero-order chi connectivity index (χ0) is 16.4. The maximum Gasteiger partial charge on any atom is 0.323 e. The number of anilines is 1. The third-order valence-electron chi connectivity index (χ3n) is 4.90. The topological polar surface area (TPSA) is 49.9 Å². The molecule has 0 bridgehead atoms. The van der Waals surface area contributed by atoms with E-state index in [0.717, 1.165) is 37.9 Å². The SMILES string of the molecule is COC(=O)[C@@H]1CCCCN1CC(=O)N1c2ccccc2C[C@@H]1C. The number of likely N-dealkylation sites (tertiary alicyclic amines) is 1. The fraction of sp³-hybridized carbons (Fsp3) is 0.556. The Bertz CT molecular complexity index is 602. The van der Waals surface area contributed by atoms with E-state index in [9.17, 15) is 9.59 Å². The first-order valence-corrected chi connectivity index (χ1v) is 8.33. The number of piperidine rings is 1. The Morgan fingerprint density at radius 2 is 2.04 bits per heavy atom. The van der Waals surface area contributed by atoms with Gasteiger partial charge in [-0.05, 0) is 44.4 Å². The van der Waals surface area contributed by atoms with Crippen molar-refractivity contribution in [3.05, 3.63) is 29.8 Å². The smallest absolute Gasteiger partial charge is 0.323 e. The van der Waals surface area contributed by atoms with Gasteiger partial charge in [0, 0.05) is 11.7 Å². The van der Waals surface area contributed by atoms with Crippen LogP contribution in [0.5, 0.6) is 0 Å². The number of amides is 1. The average molecular weight is 316 g/mol. The zero-order valence-electron chi connectivity index (χ0n) is 13.8. The lowest BCUT2D eigenvalue weighted by atomic mass is 10.0. The predicted octanol–water partition coefficient (Wildman–Crippen LogP) is 1.99. The minimum atomic E-state index is -0.286. The van der Waals surface area contributed by atoms with E-state index in [-0.39, 0.29) is 30.5 Å². The predicted molar refractivity (Wildman–Crippen MR) is 88.3 cm³/mol. The van der Waals surface area contributed by atoms with Crippen LogP contribution in [0.4, 0.5) is 5.69 Å². The van der Waals surface area contributed by atoms with E-state index in [2.05, 4.69) is 13.0 Å². The molecule has 0 saturated carbocycles. The van der Waals surface area contributed by atoms with Crippen molar-refractivity contribution in [2.24, 2.45) is 0 Å². The molecular weight excluding hydrogens is 292 g/mol. The summed E-state index contributed by atoms with van der Waals surface area (Å²) in [7, 11) is 1.41. The van der Waals surface area contributed by atoms with Gasteiger partial charge in [0.2, 0.25) is 5.91 Å². The highest BCUT2D eigenvalue weighted by Crippen LogP contribution is 2.32. The minimum absolute atomic E-state index is 0.0678. The molecule has 1 aromatic carbocycles. The summed E-state index contributed by atoms with van der Waals surface area (Å²) in [6, 6.07) is 7.95. The van der Waals surface area contributed by atoms with E-state index in [4.69, 9.17) is 4.74 Å². The van der Waals surface area contributed by atoms with Crippen LogP contribution >= 0.6 is 0 Å². The fourth-order valence-electron chi connectivity index (χ4n) is 3.78. The molecule has 0 radical (unpaired) electrons. The second-order valence-corrected chi connectivity index (χ2v) is 6.45. The molecule has 2 heterocycles. The summed E-state index contributed by atoms with van der Waals surface area (Å²) >= 11 is 0. The lowest BCUT2D eigenvalue weighted by Crippen LogP contribution is -2.51. The van der Waals surface area contributed by atoms with Crippen molar-refractivity contribution >= 4 is 17.6 Å². The average Bonchev–Trinajstić information content (AvgIpc) is 2.90. The molecule has 0 aliphatic carbocycles. The summed E-state index contributed by atoms with van der Waals surface area (Å²) in [6.07, 6.45) is 3.69. The van der Waals surface area contributed by atoms with Crippen LogP contribution in [0.15, 0.2) is 24.3 Å². The molecule has 2 aliphatic rings. The number of para-hydroxylation sites is 1. The van der Waals surface area contributed by atoms with Crippen molar-refractivity contribution < 1.29 is 14.3 Å². The number of rotatable bonds is 3. The van der Waals surface area contributed by atoms with E-state index in [1.807, 2.05) is 28.0 Å². The molecule has 124 valence electrons. The Labute approximate surface area is 137 Å². The first-order chi connectivity index (χ1) is 11.1. The third-order valence-corrected chi connectivity index (χ3v) is 4.90. The van der Waals surface area contributed by atoms with Gasteiger partial charge in [0.1, 0.15) is 6.04 Å². The normalized spacial score (nSPS) is 24.3. The number of nitrogens with zero attached hydrogens (tertiary/aromatic N) is 2. The van der Waals surface area contributed by atoms with Crippen LogP contribution in [0.2, 0.25) is 0 Å². The summed E-state index contributed by atoms with van der Waals surface area (Å²) in [4.78, 5) is 28.7. The fourth-order valence-corrected chi connectivity index (χ4v) is 3.78. The molecule has 2 atom stereocenters. The first kappa shape index (κ1) is 16.0. The Morgan fingerprint density at radius 1 is 1.26 bits per heavy atom. The Hall–Kier alpha value is -1.88. The van der Waals surface area contributed by atoms with Crippen LogP contribution in [0.3, 0.4) is 0 Å². The van der Waals surface area contributed by atoms with Crippen LogP contribution < -0.4 is 4.90 Å². The Kier molecular flexibility index (Phi) is 4.66. The van der Waals surface area contributed by atoms with Crippen LogP contribution in [0.25, 0.3) is 0 Å². The lowest BCUT2D eigenvalue weighted by Gasteiger charge is -2.34. The summed E-state index contributed by atoms with van der Waals surface area (Å²) in [5.74, 6) is -0.161. The van der Waals surface area contributed by atoms with Crippen molar-refractivity contribution in [1.29, 1.82) is 0 Å². The van der Waals surface area contributed by atoms with Crippen molar-refractivity contribution in [3.8, 4) is 0 Å². The van der Waals surface area contributed by atoms with Crippen molar-refractivity contribution in [3.63, 3.8) is 0 Å². The molecule has 0 N–H and O–H groups in total. The summed E-state index contributed by atoms with van der Waals surface area (Å²) < 4.78 is 4.90. The molecular formula is C18H24N2O3. The van der Waals surface area contributed by atoms with Crippen molar-refractivity contribution in [2.45, 2.75) is 44.7 Å². The van der Waals surface area contributed by atoms with Gasteiger partial charge in [0.25, 0.3) is 0 Å². The molecule has 1 amide bonds. The van der Waals surface area contributed by atoms with E-state index in [1.165, 1.54) is 12.7 Å². The maximum absolute atomic E-state index is 12.9. The van der Waals surface area contributed by atoms with Gasteiger partial charge in [-0.15, -0.1) is 0 Å². The van der Waals surface area contributed by atoms with Gasteiger partial charge < -0.3 is 9.64 Å². The zero-order valence-corrected chi connectivity index (χ0v) is 13.8. The van der Waals surface area contributed by atoms with E-state index < -0.39 is 0 Å². The van der Waals surface area contributed by atoms with Gasteiger partial charge in [0.05, 0.1) is 13.7 Å². The Morgan fingerprint density at radius 3 is 2.83 bits per heavy atom. The molecule has 5 nitrogen and oxygen atoms in total. The minimum Gasteiger partial charge on any atom is -0.468 e. The first-order valence-electron chi connectivity index (χ1n) is 8.33. The van der Waals surface area contributed by atoms with Gasteiger partial charge in [0.15, 0.2) is 0 Å². The standard InChI is InChI=1S/C18H24N2O3/c1-13-11-14-7-3-4-8-15(14)20(13)17(21)12-19-10-6-5-9-16(19)18(22)23-2/h3-4,7-8,13,16H,5-6,9-12H2,1-2H3/t13-,16-/m0/s1. The summed E-state index contributed by atoms with van der Waals surface area (Å²) in [5, 5.41) is 0. The molecule has 0 aromatic heterocycles. The van der Waals surface area contributed by atoms with E-state index >= 15 is 0 Å². The van der Waals surface area contributed by atoms with Gasteiger partial charge in [-0.2, -0.15) is 0 Å². The van der Waals surface area contributed by atoms with Gasteiger partial charge in [-0.1, -0.05) is 24.6 Å². The highest BCUT2D eigenvalue weighted by Gasteiger charge is 2.35. The number of esters is 1. The van der Waals surface area contributed by atoms with Crippen LogP contribution in [-0.2, 0) is 20.7 Å². The highest BCUT2D eigenvalue weighted by molar-refractivity contribution is 5.97. The number of benzene rings is 1. The van der Waals surface area contributed by atoms with Gasteiger partial charge in [-0.3, -0.25) is 14.5 Å². The molecule has 5 heteroatoms. The van der Waals surface area contributed by atoms with E-state index in [1.54, 1.807) is 0 Å². The van der Waals surface area contributed by atoms with E-state index in [0.29, 0.717) is 0 Å². The van der Waals surface area contributed by atoms with Crippen LogP contribution in [0, 0.1) is 0 Å². The third kappa shape index (κ3) is 3.11. The second kappa shape index (κ2) is 6.71. The molecule has 1 fully saturated rings. The Balaban J connectivity index is 1.74. The number of fused-ring (bicyclic) bond motifs is 1. The molecule has 3 rings (SSSR count). The quantitative estimate of drug-likeness (QED) is 0.800. The second-order valence-electron chi connectivity index (χ2n) is 6.45. The number of ether oxygens (including phenoxy) is 1. The van der Waals surface area contributed by atoms with Gasteiger partial charge in [-0.25, -0.2) is 0 Å². The van der Waals surface area contributed by atoms with Crippen LogP contribution in [-0.4, -0.2) is 49.1 Å². The summed E-state index contributed by atoms with van der Waals surface area (Å²) in [5.41, 5.74) is 2.23. The van der Waals surface area contributed by atoms with Gasteiger partial charge >= 0.3 is 5.97 Å². The molecule has 0 unspecified atom stereocenters. The maximum atomic E-state index is 12.9. The van der Waals surface area contributed by atoms with Crippen LogP contribution in [0.1, 0.15) is 31.7 Å². The number of hydrogen-bond donors (Lipinski definition) is 0. The molecule has 1 aromatic rings. The lowest BCUT2D eigenvalue weighted by molar-refractivity contribution is -0.148.